The van der Waals surface area contributed by atoms with E-state index in [0.717, 1.165) is 17.3 Å². The predicted octanol–water partition coefficient (Wildman–Crippen LogP) is 4.06. The van der Waals surface area contributed by atoms with Gasteiger partial charge in [0, 0.05) is 18.6 Å². The average molecular weight is 400 g/mol. The lowest BCUT2D eigenvalue weighted by Crippen LogP contribution is -1.97. The maximum atomic E-state index is 11.6. The fourth-order valence-electron chi connectivity index (χ4n) is 2.42. The van der Waals surface area contributed by atoms with E-state index in [4.69, 9.17) is 4.42 Å². The standard InChI is InChI=1S/C18H16N4O5S/c1-3-16-19-18(21-20-16)28-15(17(23)24)9-11-5-7-14(27-11)12-6-4-10(2)8-13(12)22(25)26/h4-9H,3H2,1-2H3,(H,23,24)(H,19,20,21)/b15-9-. The van der Waals surface area contributed by atoms with Crippen molar-refractivity contribution in [1.29, 1.82) is 0 Å². The van der Waals surface area contributed by atoms with Crippen molar-refractivity contribution in [2.45, 2.75) is 25.4 Å². The van der Waals surface area contributed by atoms with Crippen molar-refractivity contribution in [2.75, 3.05) is 0 Å². The highest BCUT2D eigenvalue weighted by Gasteiger charge is 2.19. The summed E-state index contributed by atoms with van der Waals surface area (Å²) in [5, 5.41) is 27.7. The molecule has 2 heterocycles. The molecule has 9 nitrogen and oxygen atoms in total. The molecule has 0 atom stereocenters. The summed E-state index contributed by atoms with van der Waals surface area (Å²) in [5.41, 5.74) is 0.997. The van der Waals surface area contributed by atoms with Crippen LogP contribution in [0, 0.1) is 17.0 Å². The Morgan fingerprint density at radius 1 is 1.39 bits per heavy atom. The van der Waals surface area contributed by atoms with Gasteiger partial charge in [0.2, 0.25) is 5.16 Å². The number of hydrogen-bond acceptors (Lipinski definition) is 7. The molecule has 144 valence electrons. The average Bonchev–Trinajstić information content (AvgIpc) is 3.30. The van der Waals surface area contributed by atoms with E-state index in [9.17, 15) is 20.0 Å². The summed E-state index contributed by atoms with van der Waals surface area (Å²) in [7, 11) is 0. The molecule has 1 aromatic carbocycles. The van der Waals surface area contributed by atoms with E-state index >= 15 is 0 Å². The number of nitrogens with one attached hydrogen (secondary N) is 1. The lowest BCUT2D eigenvalue weighted by molar-refractivity contribution is -0.384. The minimum absolute atomic E-state index is 0.0408. The molecule has 0 saturated carbocycles. The number of nitro benzene ring substituents is 1. The number of benzene rings is 1. The van der Waals surface area contributed by atoms with Gasteiger partial charge in [-0.05, 0) is 42.4 Å². The predicted molar refractivity (Wildman–Crippen MR) is 103 cm³/mol. The Labute approximate surface area is 163 Å². The summed E-state index contributed by atoms with van der Waals surface area (Å²) < 4.78 is 5.64. The molecule has 2 aromatic heterocycles. The number of H-pyrrole nitrogens is 1. The zero-order chi connectivity index (χ0) is 20.3. The minimum atomic E-state index is -1.16. The van der Waals surface area contributed by atoms with Gasteiger partial charge in [0.15, 0.2) is 0 Å². The highest BCUT2D eigenvalue weighted by Crippen LogP contribution is 2.33. The Kier molecular flexibility index (Phi) is 5.59. The third kappa shape index (κ3) is 4.29. The Morgan fingerprint density at radius 3 is 2.82 bits per heavy atom. The number of aromatic amines is 1. The number of carboxylic acids is 1. The number of carboxylic acid groups (broad SMARTS) is 1. The lowest BCUT2D eigenvalue weighted by atomic mass is 10.1. The van der Waals surface area contributed by atoms with Crippen LogP contribution >= 0.6 is 11.8 Å². The van der Waals surface area contributed by atoms with Gasteiger partial charge in [-0.25, -0.2) is 9.78 Å². The number of aromatic nitrogens is 3. The molecule has 0 unspecified atom stereocenters. The summed E-state index contributed by atoms with van der Waals surface area (Å²) in [5.74, 6) is 0.0196. The van der Waals surface area contributed by atoms with E-state index in [1.54, 1.807) is 31.2 Å². The van der Waals surface area contributed by atoms with Gasteiger partial charge in [-0.3, -0.25) is 15.2 Å². The number of nitro groups is 1. The number of nitrogens with zero attached hydrogens (tertiary/aromatic N) is 3. The van der Waals surface area contributed by atoms with Crippen LogP contribution in [-0.2, 0) is 11.2 Å². The van der Waals surface area contributed by atoms with Crippen molar-refractivity contribution in [2.24, 2.45) is 0 Å². The minimum Gasteiger partial charge on any atom is -0.477 e. The summed E-state index contributed by atoms with van der Waals surface area (Å²) in [6, 6.07) is 7.92. The second-order valence-corrected chi connectivity index (χ2v) is 6.82. The quantitative estimate of drug-likeness (QED) is 0.262. The van der Waals surface area contributed by atoms with Crippen molar-refractivity contribution in [3.05, 3.63) is 62.5 Å². The Bertz CT molecular complexity index is 1070. The Hall–Kier alpha value is -3.40. The van der Waals surface area contributed by atoms with Crippen molar-refractivity contribution in [3.8, 4) is 11.3 Å². The summed E-state index contributed by atoms with van der Waals surface area (Å²) >= 11 is 0.883. The molecule has 0 radical (unpaired) electrons. The summed E-state index contributed by atoms with van der Waals surface area (Å²) in [6.07, 6.45) is 1.98. The maximum absolute atomic E-state index is 11.6. The molecule has 28 heavy (non-hydrogen) atoms. The van der Waals surface area contributed by atoms with E-state index in [-0.39, 0.29) is 27.3 Å². The normalized spacial score (nSPS) is 11.6. The molecule has 0 saturated heterocycles. The largest absolute Gasteiger partial charge is 0.477 e. The maximum Gasteiger partial charge on any atom is 0.342 e. The first-order valence-electron chi connectivity index (χ1n) is 8.26. The van der Waals surface area contributed by atoms with Crippen LogP contribution in [0.5, 0.6) is 0 Å². The van der Waals surface area contributed by atoms with Crippen LogP contribution in [0.25, 0.3) is 17.4 Å². The highest BCUT2D eigenvalue weighted by molar-refractivity contribution is 8.04. The molecule has 0 bridgehead atoms. The van der Waals surface area contributed by atoms with Crippen LogP contribution in [0.15, 0.2) is 44.8 Å². The first-order chi connectivity index (χ1) is 13.4. The van der Waals surface area contributed by atoms with Gasteiger partial charge < -0.3 is 9.52 Å². The van der Waals surface area contributed by atoms with Crippen molar-refractivity contribution < 1.29 is 19.2 Å². The van der Waals surface area contributed by atoms with E-state index in [1.807, 2.05) is 6.92 Å². The van der Waals surface area contributed by atoms with Gasteiger partial charge in [-0.1, -0.05) is 13.0 Å². The number of thioether (sulfide) groups is 1. The van der Waals surface area contributed by atoms with Gasteiger partial charge >= 0.3 is 5.97 Å². The van der Waals surface area contributed by atoms with Crippen LogP contribution in [-0.4, -0.2) is 31.2 Å². The second-order valence-electron chi connectivity index (χ2n) is 5.81. The van der Waals surface area contributed by atoms with Gasteiger partial charge in [0.1, 0.15) is 22.3 Å². The molecule has 3 aromatic rings. The number of aryl methyl sites for hydroxylation is 2. The second kappa shape index (κ2) is 8.09. The van der Waals surface area contributed by atoms with E-state index in [2.05, 4.69) is 15.2 Å². The molecular weight excluding hydrogens is 384 g/mol. The van der Waals surface area contributed by atoms with E-state index < -0.39 is 10.9 Å². The van der Waals surface area contributed by atoms with E-state index in [0.29, 0.717) is 17.8 Å². The molecule has 2 N–H and O–H groups in total. The zero-order valence-corrected chi connectivity index (χ0v) is 15.8. The first kappa shape index (κ1) is 19.4. The van der Waals surface area contributed by atoms with Crippen LogP contribution in [0.4, 0.5) is 5.69 Å². The fourth-order valence-corrected chi connectivity index (χ4v) is 3.13. The molecule has 0 spiro atoms. The van der Waals surface area contributed by atoms with Gasteiger partial charge in [-0.15, -0.1) is 5.10 Å². The van der Waals surface area contributed by atoms with E-state index in [1.165, 1.54) is 12.1 Å². The Morgan fingerprint density at radius 2 is 2.18 bits per heavy atom. The molecule has 0 fully saturated rings. The van der Waals surface area contributed by atoms with Crippen LogP contribution in [0.2, 0.25) is 0 Å². The van der Waals surface area contributed by atoms with Crippen LogP contribution in [0.3, 0.4) is 0 Å². The molecule has 3 rings (SSSR count). The number of rotatable bonds is 7. The molecule has 0 aliphatic heterocycles. The van der Waals surface area contributed by atoms with Crippen LogP contribution < -0.4 is 0 Å². The first-order valence-corrected chi connectivity index (χ1v) is 9.08. The lowest BCUT2D eigenvalue weighted by Gasteiger charge is -2.01. The molecular formula is C18H16N4O5S. The van der Waals surface area contributed by atoms with Gasteiger partial charge in [-0.2, -0.15) is 0 Å². The third-order valence-corrected chi connectivity index (χ3v) is 4.65. The number of carbonyl (C=O) groups is 1. The number of hydrogen-bond donors (Lipinski definition) is 2. The van der Waals surface area contributed by atoms with Gasteiger partial charge in [0.25, 0.3) is 5.69 Å². The zero-order valence-electron chi connectivity index (χ0n) is 15.0. The smallest absolute Gasteiger partial charge is 0.342 e. The third-order valence-electron chi connectivity index (χ3n) is 3.77. The topological polar surface area (TPSA) is 135 Å². The van der Waals surface area contributed by atoms with Crippen molar-refractivity contribution in [1.82, 2.24) is 15.2 Å². The fraction of sp³-hybridized carbons (Fsp3) is 0.167. The monoisotopic (exact) mass is 400 g/mol. The Balaban J connectivity index is 1.91. The number of furan rings is 1. The van der Waals surface area contributed by atoms with Gasteiger partial charge in [0.05, 0.1) is 10.5 Å². The molecule has 0 aliphatic carbocycles. The molecule has 10 heteroatoms. The van der Waals surface area contributed by atoms with Crippen molar-refractivity contribution >= 4 is 29.5 Å². The summed E-state index contributed by atoms with van der Waals surface area (Å²) in [4.78, 5) is 26.5. The number of aliphatic carboxylic acids is 1. The SMILES string of the molecule is CCc1nc(S/C(=C\c2ccc(-c3ccc(C)cc3[N+](=O)[O-])o2)C(=O)O)n[nH]1. The van der Waals surface area contributed by atoms with Crippen molar-refractivity contribution in [3.63, 3.8) is 0 Å². The highest BCUT2D eigenvalue weighted by atomic mass is 32.2. The molecule has 0 aliphatic rings. The summed E-state index contributed by atoms with van der Waals surface area (Å²) in [6.45, 7) is 3.66. The van der Waals surface area contributed by atoms with Crippen LogP contribution in [0.1, 0.15) is 24.1 Å². The molecule has 0 amide bonds.